The van der Waals surface area contributed by atoms with Crippen LogP contribution in [-0.2, 0) is 25.2 Å². The van der Waals surface area contributed by atoms with Gasteiger partial charge in [-0.05, 0) is 67.8 Å². The number of hydrogen-bond acceptors (Lipinski definition) is 5. The van der Waals surface area contributed by atoms with Crippen LogP contribution in [0.3, 0.4) is 0 Å². The lowest BCUT2D eigenvalue weighted by Crippen LogP contribution is -2.30. The number of nitriles is 1. The minimum absolute atomic E-state index is 0.0277. The van der Waals surface area contributed by atoms with Gasteiger partial charge in [-0.2, -0.15) is 9.84 Å². The van der Waals surface area contributed by atoms with E-state index in [1.165, 1.54) is 0 Å². The summed E-state index contributed by atoms with van der Waals surface area (Å²) in [5.41, 5.74) is 5.85. The van der Waals surface area contributed by atoms with Crippen molar-refractivity contribution >= 4 is 40.3 Å². The molecular formula is C38H38N3O4+. The number of hydrogen-bond donors (Lipinski definition) is 1. The van der Waals surface area contributed by atoms with Gasteiger partial charge in [0.05, 0.1) is 23.5 Å². The van der Waals surface area contributed by atoms with Gasteiger partial charge in [0.25, 0.3) is 6.47 Å². The highest BCUT2D eigenvalue weighted by atomic mass is 16.5. The summed E-state index contributed by atoms with van der Waals surface area (Å²) in [6, 6.07) is 22.9. The third-order valence-electron chi connectivity index (χ3n) is 8.98. The van der Waals surface area contributed by atoms with Gasteiger partial charge in [0.1, 0.15) is 6.61 Å². The SMILES string of the molecule is C=CCC1(C)C(=CC=C(C#N)C=CC2=[N+](CCOC=O)c3ccccc3C2(C)C)N(CCC(=O)O)c2ccc3ccccc3c21. The van der Waals surface area contributed by atoms with Crippen molar-refractivity contribution in [3.63, 3.8) is 0 Å². The van der Waals surface area contributed by atoms with Crippen LogP contribution in [-0.4, -0.2) is 47.5 Å². The van der Waals surface area contributed by atoms with Gasteiger partial charge in [-0.1, -0.05) is 54.6 Å². The number of rotatable bonds is 12. The Hall–Kier alpha value is -5.22. The van der Waals surface area contributed by atoms with Crippen LogP contribution < -0.4 is 4.90 Å². The van der Waals surface area contributed by atoms with Crippen molar-refractivity contribution in [2.45, 2.75) is 44.4 Å². The summed E-state index contributed by atoms with van der Waals surface area (Å²) in [4.78, 5) is 24.6. The number of carboxylic acid groups (broad SMARTS) is 1. The highest BCUT2D eigenvalue weighted by molar-refractivity contribution is 6.03. The van der Waals surface area contributed by atoms with E-state index in [9.17, 15) is 20.0 Å². The predicted molar refractivity (Wildman–Crippen MR) is 178 cm³/mol. The first-order valence-corrected chi connectivity index (χ1v) is 15.1. The zero-order valence-electron chi connectivity index (χ0n) is 26.0. The van der Waals surface area contributed by atoms with E-state index in [0.717, 1.165) is 44.7 Å². The van der Waals surface area contributed by atoms with Crippen LogP contribution in [0.2, 0.25) is 0 Å². The first kappa shape index (κ1) is 31.2. The Morgan fingerprint density at radius 1 is 1.11 bits per heavy atom. The van der Waals surface area contributed by atoms with Gasteiger partial charge in [0.2, 0.25) is 5.69 Å². The van der Waals surface area contributed by atoms with Gasteiger partial charge in [-0.3, -0.25) is 9.59 Å². The zero-order valence-corrected chi connectivity index (χ0v) is 26.0. The molecule has 0 aromatic heterocycles. The lowest BCUT2D eigenvalue weighted by Gasteiger charge is -2.29. The molecule has 0 aliphatic carbocycles. The lowest BCUT2D eigenvalue weighted by molar-refractivity contribution is -0.440. The fraction of sp³-hybridized carbons (Fsp3) is 0.263. The normalized spacial score (nSPS) is 19.6. The largest absolute Gasteiger partial charge is 0.481 e. The maximum absolute atomic E-state index is 11.7. The van der Waals surface area contributed by atoms with Crippen LogP contribution in [0, 0.1) is 11.3 Å². The predicted octanol–water partition coefficient (Wildman–Crippen LogP) is 7.11. The molecule has 0 spiro atoms. The Morgan fingerprint density at radius 2 is 1.87 bits per heavy atom. The van der Waals surface area contributed by atoms with Crippen LogP contribution in [0.1, 0.15) is 44.7 Å². The summed E-state index contributed by atoms with van der Waals surface area (Å²) in [5, 5.41) is 22.0. The summed E-state index contributed by atoms with van der Waals surface area (Å²) >= 11 is 0. The van der Waals surface area contributed by atoms with E-state index in [2.05, 4.69) is 79.3 Å². The first-order chi connectivity index (χ1) is 21.7. The third-order valence-corrected chi connectivity index (χ3v) is 8.98. The highest BCUT2D eigenvalue weighted by Gasteiger charge is 2.45. The number of ether oxygens (including phenoxy) is 1. The van der Waals surface area contributed by atoms with Crippen LogP contribution >= 0.6 is 0 Å². The Kier molecular flexibility index (Phi) is 8.87. The van der Waals surface area contributed by atoms with Gasteiger partial charge in [-0.25, -0.2) is 0 Å². The second kappa shape index (κ2) is 12.8. The van der Waals surface area contributed by atoms with Crippen LogP contribution in [0.5, 0.6) is 0 Å². The first-order valence-electron chi connectivity index (χ1n) is 15.1. The summed E-state index contributed by atoms with van der Waals surface area (Å²) < 4.78 is 7.16. The molecule has 2 heterocycles. The van der Waals surface area contributed by atoms with E-state index in [1.807, 2.05) is 54.6 Å². The van der Waals surface area contributed by atoms with E-state index in [0.29, 0.717) is 31.6 Å². The number of fused-ring (bicyclic) bond motifs is 4. The van der Waals surface area contributed by atoms with Crippen molar-refractivity contribution in [1.29, 1.82) is 5.26 Å². The topological polar surface area (TPSA) is 93.6 Å². The van der Waals surface area contributed by atoms with Crippen LogP contribution in [0.25, 0.3) is 10.8 Å². The fourth-order valence-electron chi connectivity index (χ4n) is 6.88. The van der Waals surface area contributed by atoms with E-state index in [4.69, 9.17) is 4.74 Å². The molecule has 1 atom stereocenters. The average molecular weight is 601 g/mol. The van der Waals surface area contributed by atoms with Gasteiger partial charge >= 0.3 is 5.97 Å². The molecule has 1 unspecified atom stereocenters. The highest BCUT2D eigenvalue weighted by Crippen LogP contribution is 2.53. The molecular weight excluding hydrogens is 562 g/mol. The van der Waals surface area contributed by atoms with Crippen molar-refractivity contribution in [2.24, 2.45) is 0 Å². The maximum Gasteiger partial charge on any atom is 0.305 e. The molecule has 7 nitrogen and oxygen atoms in total. The molecule has 5 rings (SSSR count). The number of para-hydroxylation sites is 1. The van der Waals surface area contributed by atoms with E-state index in [1.54, 1.807) is 0 Å². The fourth-order valence-corrected chi connectivity index (χ4v) is 6.88. The molecule has 7 heteroatoms. The smallest absolute Gasteiger partial charge is 0.305 e. The molecule has 228 valence electrons. The molecule has 2 aliphatic heterocycles. The number of anilines is 1. The maximum atomic E-state index is 11.7. The van der Waals surface area contributed by atoms with Gasteiger partial charge < -0.3 is 14.7 Å². The Morgan fingerprint density at radius 3 is 2.60 bits per heavy atom. The van der Waals surface area contributed by atoms with Crippen molar-refractivity contribution in [1.82, 2.24) is 0 Å². The number of carboxylic acids is 1. The van der Waals surface area contributed by atoms with Gasteiger partial charge in [0, 0.05) is 41.1 Å². The number of nitrogens with zero attached hydrogens (tertiary/aromatic N) is 3. The van der Waals surface area contributed by atoms with Crippen LogP contribution in [0.15, 0.2) is 109 Å². The number of carbonyl (C=O) groups excluding carboxylic acids is 1. The minimum atomic E-state index is -0.870. The molecule has 0 fully saturated rings. The Balaban J connectivity index is 1.60. The average Bonchev–Trinajstić information content (AvgIpc) is 3.40. The summed E-state index contributed by atoms with van der Waals surface area (Å²) in [6.07, 6.45) is 10.1. The molecule has 1 N–H and O–H groups in total. The molecule has 0 bridgehead atoms. The molecule has 0 radical (unpaired) electrons. The molecule has 45 heavy (non-hydrogen) atoms. The zero-order chi connectivity index (χ0) is 32.2. The molecule has 3 aromatic rings. The van der Waals surface area contributed by atoms with Crippen molar-refractivity contribution in [2.75, 3.05) is 24.6 Å². The second-order valence-electron chi connectivity index (χ2n) is 12.1. The number of benzene rings is 3. The summed E-state index contributed by atoms with van der Waals surface area (Å²) in [6.45, 7) is 12.0. The van der Waals surface area contributed by atoms with Crippen molar-refractivity contribution < 1.29 is 24.0 Å². The van der Waals surface area contributed by atoms with E-state index < -0.39 is 11.4 Å². The van der Waals surface area contributed by atoms with Gasteiger partial charge in [-0.15, -0.1) is 6.58 Å². The summed E-state index contributed by atoms with van der Waals surface area (Å²) in [5.74, 6) is -0.870. The molecule has 2 aliphatic rings. The molecule has 0 amide bonds. The number of aliphatic carboxylic acids is 1. The molecule has 0 saturated carbocycles. The quantitative estimate of drug-likeness (QED) is 0.0595. The second-order valence-corrected chi connectivity index (χ2v) is 12.1. The van der Waals surface area contributed by atoms with Crippen molar-refractivity contribution in [3.8, 4) is 6.07 Å². The van der Waals surface area contributed by atoms with Crippen LogP contribution in [0.4, 0.5) is 11.4 Å². The molecule has 0 saturated heterocycles. The number of carbonyl (C=O) groups is 2. The van der Waals surface area contributed by atoms with Crippen molar-refractivity contribution in [3.05, 3.63) is 120 Å². The molecule has 3 aromatic carbocycles. The lowest BCUT2D eigenvalue weighted by atomic mass is 9.76. The summed E-state index contributed by atoms with van der Waals surface area (Å²) in [7, 11) is 0. The van der Waals surface area contributed by atoms with Gasteiger partial charge in [0.15, 0.2) is 12.3 Å². The number of allylic oxidation sites excluding steroid dienone is 7. The van der Waals surface area contributed by atoms with E-state index in [-0.39, 0.29) is 18.4 Å². The minimum Gasteiger partial charge on any atom is -0.481 e. The third kappa shape index (κ3) is 5.72. The standard InChI is InChI=1S/C38H37N3O4/c1-5-21-38(4)34(40(22-20-35(43)44)32-17-16-28-10-6-7-11-29(28)36(32)38)19-15-27(25-39)14-18-33-37(2,3)30-12-8-9-13-31(30)41(33)23-24-45-26-42/h5-19,26H,1,20-24H2,2-4H3/p+1. The monoisotopic (exact) mass is 600 g/mol. The Bertz CT molecular complexity index is 1840. The van der Waals surface area contributed by atoms with E-state index >= 15 is 0 Å². The Labute approximate surface area is 264 Å².